The normalized spacial score (nSPS) is 17.8. The number of carbonyl (C=O) groups excluding carboxylic acids is 1. The smallest absolute Gasteiger partial charge is 0.317 e. The lowest BCUT2D eigenvalue weighted by molar-refractivity contribution is 0.200. The van der Waals surface area contributed by atoms with E-state index in [2.05, 4.69) is 27.0 Å². The van der Waals surface area contributed by atoms with E-state index in [0.29, 0.717) is 0 Å². The van der Waals surface area contributed by atoms with Gasteiger partial charge in [0.25, 0.3) is 0 Å². The van der Waals surface area contributed by atoms with Crippen molar-refractivity contribution in [2.24, 2.45) is 0 Å². The molecule has 1 saturated heterocycles. The Morgan fingerprint density at radius 3 is 3.00 bits per heavy atom. The monoisotopic (exact) mass is 253 g/mol. The summed E-state index contributed by atoms with van der Waals surface area (Å²) in [5, 5.41) is 7.00. The van der Waals surface area contributed by atoms with Crippen molar-refractivity contribution < 1.29 is 4.79 Å². The van der Waals surface area contributed by atoms with Gasteiger partial charge in [0.05, 0.1) is 0 Å². The van der Waals surface area contributed by atoms with E-state index in [-0.39, 0.29) is 6.03 Å². The van der Waals surface area contributed by atoms with Crippen molar-refractivity contribution in [2.75, 3.05) is 33.2 Å². The van der Waals surface area contributed by atoms with E-state index < -0.39 is 0 Å². The maximum Gasteiger partial charge on any atom is 0.317 e. The van der Waals surface area contributed by atoms with Gasteiger partial charge in [-0.05, 0) is 28.8 Å². The van der Waals surface area contributed by atoms with Crippen molar-refractivity contribution in [1.29, 1.82) is 0 Å². The van der Waals surface area contributed by atoms with E-state index >= 15 is 0 Å². The van der Waals surface area contributed by atoms with E-state index in [1.165, 1.54) is 5.56 Å². The van der Waals surface area contributed by atoms with E-state index in [1.54, 1.807) is 18.4 Å². The number of hydrogen-bond acceptors (Lipinski definition) is 3. The summed E-state index contributed by atoms with van der Waals surface area (Å²) in [6.45, 7) is 4.72. The molecule has 2 rings (SSSR count). The molecule has 5 heteroatoms. The maximum absolute atomic E-state index is 11.5. The molecule has 0 atom stereocenters. The van der Waals surface area contributed by atoms with Crippen LogP contribution in [0, 0.1) is 0 Å². The topological polar surface area (TPSA) is 35.6 Å². The average Bonchev–Trinajstić information content (AvgIpc) is 2.73. The first-order valence-corrected chi connectivity index (χ1v) is 6.94. The molecule has 0 aromatic carbocycles. The van der Waals surface area contributed by atoms with Crippen molar-refractivity contribution in [3.8, 4) is 0 Å². The third kappa shape index (κ3) is 3.44. The second kappa shape index (κ2) is 6.02. The number of rotatable bonds is 2. The number of thiophene rings is 1. The van der Waals surface area contributed by atoms with Crippen LogP contribution in [0.2, 0.25) is 0 Å². The summed E-state index contributed by atoms with van der Waals surface area (Å²) < 4.78 is 0. The largest absolute Gasteiger partial charge is 0.341 e. The lowest BCUT2D eigenvalue weighted by Gasteiger charge is -2.21. The Morgan fingerprint density at radius 1 is 1.41 bits per heavy atom. The van der Waals surface area contributed by atoms with Gasteiger partial charge in [0.2, 0.25) is 0 Å². The molecule has 4 nitrogen and oxygen atoms in total. The molecule has 1 aliphatic heterocycles. The Kier molecular flexibility index (Phi) is 4.39. The third-order valence-corrected chi connectivity index (χ3v) is 3.81. The van der Waals surface area contributed by atoms with Crippen LogP contribution in [0.25, 0.3) is 0 Å². The van der Waals surface area contributed by atoms with Crippen LogP contribution in [-0.2, 0) is 6.54 Å². The highest BCUT2D eigenvalue weighted by Gasteiger charge is 2.17. The van der Waals surface area contributed by atoms with Crippen LogP contribution in [0.5, 0.6) is 0 Å². The molecule has 2 heterocycles. The van der Waals surface area contributed by atoms with Gasteiger partial charge in [-0.15, -0.1) is 0 Å². The van der Waals surface area contributed by atoms with Crippen LogP contribution in [0.3, 0.4) is 0 Å². The van der Waals surface area contributed by atoms with E-state index in [0.717, 1.165) is 39.1 Å². The van der Waals surface area contributed by atoms with Crippen molar-refractivity contribution in [3.63, 3.8) is 0 Å². The summed E-state index contributed by atoms with van der Waals surface area (Å²) in [6, 6.07) is 2.22. The average molecular weight is 253 g/mol. The first-order valence-electron chi connectivity index (χ1n) is 5.99. The molecule has 0 bridgehead atoms. The number of hydrogen-bond donors (Lipinski definition) is 1. The highest BCUT2D eigenvalue weighted by atomic mass is 32.1. The van der Waals surface area contributed by atoms with Crippen molar-refractivity contribution in [2.45, 2.75) is 13.0 Å². The molecule has 0 radical (unpaired) electrons. The molecule has 0 unspecified atom stereocenters. The van der Waals surface area contributed by atoms with Gasteiger partial charge in [0, 0.05) is 39.8 Å². The summed E-state index contributed by atoms with van der Waals surface area (Å²) in [7, 11) is 1.69. The summed E-state index contributed by atoms with van der Waals surface area (Å²) in [4.78, 5) is 15.9. The highest BCUT2D eigenvalue weighted by molar-refractivity contribution is 7.07. The molecule has 1 aliphatic rings. The quantitative estimate of drug-likeness (QED) is 0.869. The first-order chi connectivity index (χ1) is 8.29. The molecule has 0 spiro atoms. The Hall–Kier alpha value is -1.07. The minimum Gasteiger partial charge on any atom is -0.341 e. The Balaban J connectivity index is 1.85. The predicted molar refractivity (Wildman–Crippen MR) is 70.2 cm³/mol. The summed E-state index contributed by atoms with van der Waals surface area (Å²) in [5.41, 5.74) is 1.38. The Bertz CT molecular complexity index is 353. The fourth-order valence-corrected chi connectivity index (χ4v) is 2.79. The SMILES string of the molecule is CNC(=O)N1CCCN(Cc2ccsc2)CC1. The zero-order valence-electron chi connectivity index (χ0n) is 10.2. The summed E-state index contributed by atoms with van der Waals surface area (Å²) in [6.07, 6.45) is 1.05. The molecule has 1 fully saturated rings. The van der Waals surface area contributed by atoms with E-state index in [1.807, 2.05) is 4.90 Å². The minimum absolute atomic E-state index is 0.0439. The maximum atomic E-state index is 11.5. The van der Waals surface area contributed by atoms with Gasteiger partial charge < -0.3 is 10.2 Å². The second-order valence-corrected chi connectivity index (χ2v) is 5.08. The molecule has 1 N–H and O–H groups in total. The van der Waals surface area contributed by atoms with Gasteiger partial charge in [-0.25, -0.2) is 4.79 Å². The number of nitrogens with one attached hydrogen (secondary N) is 1. The Labute approximate surface area is 106 Å². The molecule has 0 saturated carbocycles. The number of urea groups is 1. The van der Waals surface area contributed by atoms with E-state index in [9.17, 15) is 4.79 Å². The van der Waals surface area contributed by atoms with Crippen LogP contribution >= 0.6 is 11.3 Å². The van der Waals surface area contributed by atoms with Gasteiger partial charge in [0.1, 0.15) is 0 Å². The first kappa shape index (κ1) is 12.4. The highest BCUT2D eigenvalue weighted by Crippen LogP contribution is 2.11. The molecule has 0 aliphatic carbocycles. The number of amides is 2. The third-order valence-electron chi connectivity index (χ3n) is 3.08. The fourth-order valence-electron chi connectivity index (χ4n) is 2.13. The summed E-state index contributed by atoms with van der Waals surface area (Å²) >= 11 is 1.74. The fraction of sp³-hybridized carbons (Fsp3) is 0.583. The molecule has 1 aromatic heterocycles. The van der Waals surface area contributed by atoms with Gasteiger partial charge in [-0.3, -0.25) is 4.90 Å². The second-order valence-electron chi connectivity index (χ2n) is 4.30. The lowest BCUT2D eigenvalue weighted by atomic mass is 10.3. The van der Waals surface area contributed by atoms with Crippen LogP contribution in [0.1, 0.15) is 12.0 Å². The molecular formula is C12H19N3OS. The number of carbonyl (C=O) groups is 1. The zero-order chi connectivity index (χ0) is 12.1. The summed E-state index contributed by atoms with van der Waals surface area (Å²) in [5.74, 6) is 0. The zero-order valence-corrected chi connectivity index (χ0v) is 11.0. The molecule has 17 heavy (non-hydrogen) atoms. The van der Waals surface area contributed by atoms with Crippen LogP contribution in [-0.4, -0.2) is 49.1 Å². The van der Waals surface area contributed by atoms with Crippen molar-refractivity contribution >= 4 is 17.4 Å². The molecule has 94 valence electrons. The number of nitrogens with zero attached hydrogens (tertiary/aromatic N) is 2. The predicted octanol–water partition coefficient (Wildman–Crippen LogP) is 1.60. The van der Waals surface area contributed by atoms with Gasteiger partial charge in [0.15, 0.2) is 0 Å². The minimum atomic E-state index is 0.0439. The van der Waals surface area contributed by atoms with Gasteiger partial charge in [-0.1, -0.05) is 0 Å². The van der Waals surface area contributed by atoms with Crippen LogP contribution in [0.4, 0.5) is 4.79 Å². The van der Waals surface area contributed by atoms with Crippen LogP contribution in [0.15, 0.2) is 16.8 Å². The Morgan fingerprint density at radius 2 is 2.29 bits per heavy atom. The van der Waals surface area contributed by atoms with E-state index in [4.69, 9.17) is 0 Å². The molecule has 2 amide bonds. The van der Waals surface area contributed by atoms with Gasteiger partial charge >= 0.3 is 6.03 Å². The van der Waals surface area contributed by atoms with Crippen molar-refractivity contribution in [1.82, 2.24) is 15.1 Å². The standard InChI is InChI=1S/C12H19N3OS/c1-13-12(16)15-5-2-4-14(6-7-15)9-11-3-8-17-10-11/h3,8,10H,2,4-7,9H2,1H3,(H,13,16). The molecular weight excluding hydrogens is 234 g/mol. The van der Waals surface area contributed by atoms with Crippen molar-refractivity contribution in [3.05, 3.63) is 22.4 Å². The lowest BCUT2D eigenvalue weighted by Crippen LogP contribution is -2.40. The van der Waals surface area contributed by atoms with Crippen LogP contribution < -0.4 is 5.32 Å². The molecule has 1 aromatic rings. The van der Waals surface area contributed by atoms with Gasteiger partial charge in [-0.2, -0.15) is 11.3 Å².